The lowest BCUT2D eigenvalue weighted by molar-refractivity contribution is 0.0470. The van der Waals surface area contributed by atoms with Gasteiger partial charge in [0, 0.05) is 17.2 Å². The Morgan fingerprint density at radius 2 is 1.88 bits per heavy atom. The molecule has 0 atom stereocenters. The highest BCUT2D eigenvalue weighted by Crippen LogP contribution is 2.48. The molecule has 0 bridgehead atoms. The van der Waals surface area contributed by atoms with E-state index in [1.165, 1.54) is 11.9 Å². The molecule has 2 aliphatic rings. The quantitative estimate of drug-likeness (QED) is 0.555. The van der Waals surface area contributed by atoms with Gasteiger partial charge >= 0.3 is 6.09 Å². The van der Waals surface area contributed by atoms with Crippen molar-refractivity contribution in [2.24, 2.45) is 0 Å². The Bertz CT molecular complexity index is 1060. The van der Waals surface area contributed by atoms with Crippen LogP contribution in [-0.4, -0.2) is 33.8 Å². The van der Waals surface area contributed by atoms with E-state index in [0.717, 1.165) is 59.1 Å². The van der Waals surface area contributed by atoms with Gasteiger partial charge in [-0.1, -0.05) is 13.8 Å². The topological polar surface area (TPSA) is 99.4 Å². The minimum Gasteiger partial charge on any atom is -0.489 e. The number of hydrogen-bond donors (Lipinski definition) is 2. The molecular weight excluding hydrogens is 484 g/mol. The lowest BCUT2D eigenvalue weighted by Gasteiger charge is -2.35. The summed E-state index contributed by atoms with van der Waals surface area (Å²) in [7, 11) is 0. The zero-order valence-electron chi connectivity index (χ0n) is 20.0. The predicted octanol–water partition coefficient (Wildman–Crippen LogP) is 5.54. The molecule has 1 saturated carbocycles. The lowest BCUT2D eigenvalue weighted by atomic mass is 9.72. The smallest absolute Gasteiger partial charge is 0.407 e. The zero-order valence-corrected chi connectivity index (χ0v) is 21.6. The van der Waals surface area contributed by atoms with Crippen molar-refractivity contribution in [2.75, 3.05) is 5.73 Å². The number of carbonyl (C=O) groups is 1. The van der Waals surface area contributed by atoms with Crippen molar-refractivity contribution in [3.8, 4) is 17.0 Å². The summed E-state index contributed by atoms with van der Waals surface area (Å²) < 4.78 is 12.8. The van der Waals surface area contributed by atoms with E-state index >= 15 is 0 Å². The Balaban J connectivity index is 1.45. The van der Waals surface area contributed by atoms with Gasteiger partial charge in [-0.2, -0.15) is 0 Å². The molecule has 178 valence electrons. The van der Waals surface area contributed by atoms with Crippen LogP contribution in [0.2, 0.25) is 0 Å². The molecule has 1 fully saturated rings. The summed E-state index contributed by atoms with van der Waals surface area (Å²) in [6, 6.07) is 4.20. The van der Waals surface area contributed by atoms with Gasteiger partial charge in [-0.05, 0) is 91.9 Å². The summed E-state index contributed by atoms with van der Waals surface area (Å²) >= 11 is 3.82. The average Bonchev–Trinajstić information content (AvgIpc) is 2.70. The number of aromatic nitrogens is 2. The Hall–Kier alpha value is -2.35. The molecule has 0 radical (unpaired) electrons. The van der Waals surface area contributed by atoms with Crippen LogP contribution in [0.1, 0.15) is 71.4 Å². The second-order valence-corrected chi connectivity index (χ2v) is 11.5. The van der Waals surface area contributed by atoms with Crippen molar-refractivity contribution in [2.45, 2.75) is 89.9 Å². The molecule has 1 heterocycles. The maximum absolute atomic E-state index is 12.1. The first-order valence-electron chi connectivity index (χ1n) is 11.5. The monoisotopic (exact) mass is 516 g/mol. The van der Waals surface area contributed by atoms with Crippen LogP contribution in [0.15, 0.2) is 22.9 Å². The number of benzene rings is 1. The Morgan fingerprint density at radius 1 is 1.18 bits per heavy atom. The third kappa shape index (κ3) is 5.10. The number of nitrogens with zero attached hydrogens (tertiary/aromatic N) is 2. The Labute approximate surface area is 204 Å². The molecule has 7 nitrogen and oxygen atoms in total. The number of carbonyl (C=O) groups excluding carboxylic acids is 1. The molecule has 1 aromatic carbocycles. The van der Waals surface area contributed by atoms with E-state index in [-0.39, 0.29) is 23.7 Å². The maximum Gasteiger partial charge on any atom is 0.407 e. The van der Waals surface area contributed by atoms with Crippen LogP contribution in [0.5, 0.6) is 5.75 Å². The van der Waals surface area contributed by atoms with Gasteiger partial charge in [0.1, 0.15) is 23.5 Å². The fraction of sp³-hybridized carbons (Fsp3) is 0.560. The summed E-state index contributed by atoms with van der Waals surface area (Å²) in [4.78, 5) is 20.8. The molecule has 0 spiro atoms. The van der Waals surface area contributed by atoms with Crippen LogP contribution in [0.25, 0.3) is 11.3 Å². The average molecular weight is 517 g/mol. The van der Waals surface area contributed by atoms with E-state index in [4.69, 9.17) is 15.2 Å². The first-order chi connectivity index (χ1) is 15.4. The number of fused-ring (bicyclic) bond motifs is 3. The maximum atomic E-state index is 12.1. The summed E-state index contributed by atoms with van der Waals surface area (Å²) in [5.41, 5.74) is 9.71. The molecule has 2 aliphatic carbocycles. The van der Waals surface area contributed by atoms with Gasteiger partial charge < -0.3 is 20.5 Å². The van der Waals surface area contributed by atoms with E-state index in [9.17, 15) is 4.79 Å². The Kier molecular flexibility index (Phi) is 6.33. The fourth-order valence-corrected chi connectivity index (χ4v) is 5.44. The molecule has 0 aliphatic heterocycles. The van der Waals surface area contributed by atoms with Crippen LogP contribution in [-0.2, 0) is 16.6 Å². The number of hydrogen-bond acceptors (Lipinski definition) is 6. The molecule has 1 aromatic heterocycles. The van der Waals surface area contributed by atoms with Crippen molar-refractivity contribution < 1.29 is 14.3 Å². The van der Waals surface area contributed by atoms with Crippen LogP contribution in [0.4, 0.5) is 10.6 Å². The minimum atomic E-state index is -0.490. The minimum absolute atomic E-state index is 0.109. The van der Waals surface area contributed by atoms with E-state index in [1.54, 1.807) is 0 Å². The number of nitrogen functional groups attached to an aromatic ring is 1. The zero-order chi connectivity index (χ0) is 24.0. The van der Waals surface area contributed by atoms with Gasteiger partial charge in [-0.3, -0.25) is 0 Å². The highest BCUT2D eigenvalue weighted by Gasteiger charge is 2.36. The van der Waals surface area contributed by atoms with E-state index in [0.29, 0.717) is 5.82 Å². The Morgan fingerprint density at radius 3 is 2.55 bits per heavy atom. The van der Waals surface area contributed by atoms with Gasteiger partial charge in [0.25, 0.3) is 0 Å². The molecule has 0 unspecified atom stereocenters. The van der Waals surface area contributed by atoms with Crippen molar-refractivity contribution in [3.63, 3.8) is 0 Å². The molecule has 33 heavy (non-hydrogen) atoms. The molecule has 4 rings (SSSR count). The third-order valence-electron chi connectivity index (χ3n) is 6.32. The van der Waals surface area contributed by atoms with E-state index < -0.39 is 5.60 Å². The third-order valence-corrected chi connectivity index (χ3v) is 7.19. The van der Waals surface area contributed by atoms with Crippen molar-refractivity contribution in [3.05, 3.63) is 34.1 Å². The van der Waals surface area contributed by atoms with Crippen molar-refractivity contribution >= 4 is 27.8 Å². The van der Waals surface area contributed by atoms with Gasteiger partial charge in [0.05, 0.1) is 16.3 Å². The second-order valence-electron chi connectivity index (χ2n) is 10.7. The largest absolute Gasteiger partial charge is 0.489 e. The molecule has 3 N–H and O–H groups in total. The first kappa shape index (κ1) is 23.8. The highest BCUT2D eigenvalue weighted by atomic mass is 79.9. The number of ether oxygens (including phenoxy) is 2. The van der Waals surface area contributed by atoms with Crippen LogP contribution in [0.3, 0.4) is 0 Å². The second kappa shape index (κ2) is 8.78. The van der Waals surface area contributed by atoms with Crippen molar-refractivity contribution in [1.29, 1.82) is 0 Å². The standard InChI is InChI=1S/C25H33BrN4O3/c1-24(2,3)33-23(31)30-14-6-8-15(9-7-14)32-18-11-10-16-17(20(18)26)12-25(4,5)19-21(16)28-13-29-22(19)27/h10-11,13-15H,6-9,12H2,1-5H3,(H,30,31)(H2,27,28,29). The summed E-state index contributed by atoms with van der Waals surface area (Å²) in [6.45, 7) is 9.96. The van der Waals surface area contributed by atoms with Gasteiger partial charge in [-0.25, -0.2) is 14.8 Å². The number of nitrogens with one attached hydrogen (secondary N) is 1. The van der Waals surface area contributed by atoms with Gasteiger partial charge in [0.2, 0.25) is 0 Å². The van der Waals surface area contributed by atoms with Crippen molar-refractivity contribution in [1.82, 2.24) is 15.3 Å². The molecule has 0 saturated heterocycles. The molecule has 1 amide bonds. The first-order valence-corrected chi connectivity index (χ1v) is 12.3. The van der Waals surface area contributed by atoms with E-state index in [2.05, 4.69) is 51.1 Å². The van der Waals surface area contributed by atoms with Crippen LogP contribution < -0.4 is 15.8 Å². The SMILES string of the molecule is CC(C)(C)OC(=O)NC1CCC(Oc2ccc3c(c2Br)CC(C)(C)c2c(N)ncnc2-3)CC1. The number of halogens is 1. The summed E-state index contributed by atoms with van der Waals surface area (Å²) in [6.07, 6.45) is 5.59. The number of rotatable bonds is 3. The highest BCUT2D eigenvalue weighted by molar-refractivity contribution is 9.10. The predicted molar refractivity (Wildman–Crippen MR) is 132 cm³/mol. The number of amides is 1. The molecule has 8 heteroatoms. The normalized spacial score (nSPS) is 21.5. The lowest BCUT2D eigenvalue weighted by Crippen LogP contribution is -2.42. The van der Waals surface area contributed by atoms with Gasteiger partial charge in [-0.15, -0.1) is 0 Å². The fourth-order valence-electron chi connectivity index (χ4n) is 4.87. The van der Waals surface area contributed by atoms with Crippen LogP contribution in [0, 0.1) is 0 Å². The number of anilines is 1. The summed E-state index contributed by atoms with van der Waals surface area (Å²) in [5.74, 6) is 1.39. The molecule has 2 aromatic rings. The van der Waals surface area contributed by atoms with E-state index in [1.807, 2.05) is 26.8 Å². The summed E-state index contributed by atoms with van der Waals surface area (Å²) in [5, 5.41) is 2.99. The van der Waals surface area contributed by atoms with Gasteiger partial charge in [0.15, 0.2) is 0 Å². The number of alkyl carbamates (subject to hydrolysis) is 1. The molecular formula is C25H33BrN4O3. The van der Waals surface area contributed by atoms with Crippen LogP contribution >= 0.6 is 15.9 Å². The number of nitrogens with two attached hydrogens (primary N) is 1.